The number of carbonyl (C=O) groups is 1. The highest BCUT2D eigenvalue weighted by Gasteiger charge is 2.31. The molecule has 1 aliphatic carbocycles. The number of nitrogens with one attached hydrogen (secondary N) is 1. The van der Waals surface area contributed by atoms with E-state index >= 15 is 0 Å². The Morgan fingerprint density at radius 3 is 2.68 bits per heavy atom. The van der Waals surface area contributed by atoms with Gasteiger partial charge in [0.2, 0.25) is 0 Å². The lowest BCUT2D eigenvalue weighted by Crippen LogP contribution is -2.33. The summed E-state index contributed by atoms with van der Waals surface area (Å²) in [7, 11) is 3.97. The third-order valence-electron chi connectivity index (χ3n) is 3.93. The summed E-state index contributed by atoms with van der Waals surface area (Å²) < 4.78 is 0. The molecule has 1 aromatic carbocycles. The summed E-state index contributed by atoms with van der Waals surface area (Å²) in [5.74, 6) is 0.0476. The molecular formula is C16H24N2O. The van der Waals surface area contributed by atoms with E-state index in [1.807, 2.05) is 43.3 Å². The lowest BCUT2D eigenvalue weighted by Gasteiger charge is -2.18. The minimum absolute atomic E-state index is 0.0476. The minimum atomic E-state index is 0.0476. The van der Waals surface area contributed by atoms with Gasteiger partial charge in [-0.1, -0.05) is 19.9 Å². The van der Waals surface area contributed by atoms with Gasteiger partial charge in [-0.2, -0.15) is 0 Å². The van der Waals surface area contributed by atoms with Crippen molar-refractivity contribution in [1.82, 2.24) is 5.32 Å². The lowest BCUT2D eigenvalue weighted by atomic mass is 9.92. The molecule has 1 aliphatic rings. The van der Waals surface area contributed by atoms with Crippen molar-refractivity contribution >= 4 is 11.6 Å². The van der Waals surface area contributed by atoms with E-state index in [0.29, 0.717) is 11.5 Å². The van der Waals surface area contributed by atoms with Gasteiger partial charge < -0.3 is 10.2 Å². The third-order valence-corrected chi connectivity index (χ3v) is 3.93. The molecule has 0 bridgehead atoms. The Morgan fingerprint density at radius 2 is 2.11 bits per heavy atom. The zero-order valence-corrected chi connectivity index (χ0v) is 12.4. The van der Waals surface area contributed by atoms with Crippen LogP contribution in [0.15, 0.2) is 24.3 Å². The fourth-order valence-electron chi connectivity index (χ4n) is 2.75. The average molecular weight is 260 g/mol. The second kappa shape index (κ2) is 5.24. The molecule has 19 heavy (non-hydrogen) atoms. The van der Waals surface area contributed by atoms with E-state index < -0.39 is 0 Å². The van der Waals surface area contributed by atoms with Crippen molar-refractivity contribution in [2.24, 2.45) is 5.41 Å². The van der Waals surface area contributed by atoms with Crippen LogP contribution in [0.5, 0.6) is 0 Å². The smallest absolute Gasteiger partial charge is 0.251 e. The van der Waals surface area contributed by atoms with Crippen LogP contribution in [0.3, 0.4) is 0 Å². The number of benzene rings is 1. The summed E-state index contributed by atoms with van der Waals surface area (Å²) in [5.41, 5.74) is 2.17. The molecule has 2 rings (SSSR count). The van der Waals surface area contributed by atoms with Crippen molar-refractivity contribution in [3.05, 3.63) is 29.8 Å². The van der Waals surface area contributed by atoms with Gasteiger partial charge in [0.25, 0.3) is 5.91 Å². The molecule has 3 heteroatoms. The Morgan fingerprint density at radius 1 is 1.37 bits per heavy atom. The molecule has 1 N–H and O–H groups in total. The zero-order valence-electron chi connectivity index (χ0n) is 12.4. The maximum absolute atomic E-state index is 12.3. The molecule has 1 atom stereocenters. The average Bonchev–Trinajstić information content (AvgIpc) is 2.68. The molecule has 0 aromatic heterocycles. The van der Waals surface area contributed by atoms with Gasteiger partial charge in [0, 0.05) is 31.4 Å². The van der Waals surface area contributed by atoms with Crippen LogP contribution in [0.2, 0.25) is 0 Å². The highest BCUT2D eigenvalue weighted by atomic mass is 16.1. The Balaban J connectivity index is 2.02. The van der Waals surface area contributed by atoms with Gasteiger partial charge in [0.1, 0.15) is 0 Å². The zero-order chi connectivity index (χ0) is 14.0. The van der Waals surface area contributed by atoms with Crippen molar-refractivity contribution in [2.75, 3.05) is 19.0 Å². The molecular weight excluding hydrogens is 236 g/mol. The molecule has 0 aliphatic heterocycles. The van der Waals surface area contributed by atoms with Crippen LogP contribution < -0.4 is 10.2 Å². The summed E-state index contributed by atoms with van der Waals surface area (Å²) in [6.45, 7) is 4.54. The van der Waals surface area contributed by atoms with Crippen LogP contribution in [0.25, 0.3) is 0 Å². The highest BCUT2D eigenvalue weighted by Crippen LogP contribution is 2.37. The highest BCUT2D eigenvalue weighted by molar-refractivity contribution is 5.95. The minimum Gasteiger partial charge on any atom is -0.378 e. The van der Waals surface area contributed by atoms with Gasteiger partial charge in [0.15, 0.2) is 0 Å². The Bertz CT molecular complexity index is 466. The fraction of sp³-hybridized carbons (Fsp3) is 0.562. The summed E-state index contributed by atoms with van der Waals surface area (Å²) in [6.07, 6.45) is 3.36. The topological polar surface area (TPSA) is 32.3 Å². The van der Waals surface area contributed by atoms with Crippen molar-refractivity contribution in [3.63, 3.8) is 0 Å². The van der Waals surface area contributed by atoms with E-state index in [1.165, 1.54) is 6.42 Å². The number of hydrogen-bond acceptors (Lipinski definition) is 2. The second-order valence-electron chi connectivity index (χ2n) is 6.52. The van der Waals surface area contributed by atoms with E-state index in [1.54, 1.807) is 0 Å². The molecule has 1 fully saturated rings. The first-order chi connectivity index (χ1) is 8.87. The summed E-state index contributed by atoms with van der Waals surface area (Å²) in [6, 6.07) is 8.08. The van der Waals surface area contributed by atoms with E-state index in [0.717, 1.165) is 24.1 Å². The van der Waals surface area contributed by atoms with Crippen LogP contribution in [-0.2, 0) is 0 Å². The van der Waals surface area contributed by atoms with Gasteiger partial charge in [-0.25, -0.2) is 0 Å². The molecule has 0 heterocycles. The monoisotopic (exact) mass is 260 g/mol. The van der Waals surface area contributed by atoms with Gasteiger partial charge >= 0.3 is 0 Å². The third kappa shape index (κ3) is 3.49. The number of rotatable bonds is 3. The molecule has 1 amide bonds. The molecule has 1 unspecified atom stereocenters. The van der Waals surface area contributed by atoms with E-state index in [2.05, 4.69) is 19.2 Å². The Kier molecular flexibility index (Phi) is 3.83. The van der Waals surface area contributed by atoms with E-state index in [-0.39, 0.29) is 5.91 Å². The first-order valence-corrected chi connectivity index (χ1v) is 6.96. The number of carbonyl (C=O) groups excluding carboxylic acids is 1. The first kappa shape index (κ1) is 13.9. The number of nitrogens with zero attached hydrogens (tertiary/aromatic N) is 1. The summed E-state index contributed by atoms with van der Waals surface area (Å²) in [4.78, 5) is 14.3. The summed E-state index contributed by atoms with van der Waals surface area (Å²) in [5, 5.41) is 3.16. The number of anilines is 1. The molecule has 1 saturated carbocycles. The van der Waals surface area contributed by atoms with Gasteiger partial charge in [0.05, 0.1) is 0 Å². The van der Waals surface area contributed by atoms with Crippen LogP contribution in [0, 0.1) is 5.41 Å². The lowest BCUT2D eigenvalue weighted by molar-refractivity contribution is 0.0936. The second-order valence-corrected chi connectivity index (χ2v) is 6.52. The van der Waals surface area contributed by atoms with Crippen LogP contribution >= 0.6 is 0 Å². The predicted octanol–water partition coefficient (Wildman–Crippen LogP) is 3.06. The predicted molar refractivity (Wildman–Crippen MR) is 79.7 cm³/mol. The molecule has 0 saturated heterocycles. The maximum Gasteiger partial charge on any atom is 0.251 e. The molecule has 0 spiro atoms. The summed E-state index contributed by atoms with van der Waals surface area (Å²) >= 11 is 0. The maximum atomic E-state index is 12.3. The standard InChI is InChI=1S/C16H24N2O/c1-16(2)9-8-13(11-16)17-15(19)12-6-5-7-14(10-12)18(3)4/h5-7,10,13H,8-9,11H2,1-4H3,(H,17,19). The quantitative estimate of drug-likeness (QED) is 0.906. The normalized spacial score (nSPS) is 21.2. The molecule has 0 radical (unpaired) electrons. The van der Waals surface area contributed by atoms with Crippen LogP contribution in [0.1, 0.15) is 43.5 Å². The van der Waals surface area contributed by atoms with Crippen molar-refractivity contribution in [1.29, 1.82) is 0 Å². The van der Waals surface area contributed by atoms with Gasteiger partial charge in [-0.05, 0) is 42.9 Å². The van der Waals surface area contributed by atoms with E-state index in [9.17, 15) is 4.79 Å². The van der Waals surface area contributed by atoms with Gasteiger partial charge in [-0.3, -0.25) is 4.79 Å². The number of amides is 1. The van der Waals surface area contributed by atoms with Crippen LogP contribution in [-0.4, -0.2) is 26.0 Å². The fourth-order valence-corrected chi connectivity index (χ4v) is 2.75. The Hall–Kier alpha value is -1.51. The van der Waals surface area contributed by atoms with Gasteiger partial charge in [-0.15, -0.1) is 0 Å². The van der Waals surface area contributed by atoms with Crippen LogP contribution in [0.4, 0.5) is 5.69 Å². The first-order valence-electron chi connectivity index (χ1n) is 6.96. The Labute approximate surface area is 116 Å². The number of hydrogen-bond donors (Lipinski definition) is 1. The molecule has 3 nitrogen and oxygen atoms in total. The van der Waals surface area contributed by atoms with Crippen molar-refractivity contribution in [2.45, 2.75) is 39.2 Å². The molecule has 1 aromatic rings. The largest absolute Gasteiger partial charge is 0.378 e. The SMILES string of the molecule is CN(C)c1cccc(C(=O)NC2CCC(C)(C)C2)c1. The van der Waals surface area contributed by atoms with Crippen molar-refractivity contribution in [3.8, 4) is 0 Å². The molecule has 104 valence electrons. The van der Waals surface area contributed by atoms with Crippen molar-refractivity contribution < 1.29 is 4.79 Å². The van der Waals surface area contributed by atoms with E-state index in [4.69, 9.17) is 0 Å².